The molecule has 182 valence electrons. The lowest BCUT2D eigenvalue weighted by atomic mass is 9.63. The van der Waals surface area contributed by atoms with Crippen LogP contribution in [0.4, 0.5) is 0 Å². The van der Waals surface area contributed by atoms with E-state index in [9.17, 15) is 47.2 Å². The van der Waals surface area contributed by atoms with Crippen LogP contribution in [0.2, 0.25) is 0 Å². The second-order valence-electron chi connectivity index (χ2n) is 7.34. The summed E-state index contributed by atoms with van der Waals surface area (Å²) in [7, 11) is -4.59. The van der Waals surface area contributed by atoms with Gasteiger partial charge in [-0.3, -0.25) is 28.5 Å². The highest BCUT2D eigenvalue weighted by Crippen LogP contribution is 2.60. The minimum atomic E-state index is -5.74. The molecule has 2 atom stereocenters. The summed E-state index contributed by atoms with van der Waals surface area (Å²) in [5.74, 6) is -7.87. The van der Waals surface area contributed by atoms with Gasteiger partial charge in [-0.2, -0.15) is 8.42 Å². The molecule has 0 aromatic heterocycles. The summed E-state index contributed by atoms with van der Waals surface area (Å²) in [6.45, 7) is 0.880. The Morgan fingerprint density at radius 2 is 1.62 bits per heavy atom. The molecule has 0 radical (unpaired) electrons. The van der Waals surface area contributed by atoms with Crippen LogP contribution < -0.4 is 5.73 Å². The summed E-state index contributed by atoms with van der Waals surface area (Å²) in [6, 6.07) is 0. The molecule has 6 N–H and O–H groups in total. The summed E-state index contributed by atoms with van der Waals surface area (Å²) in [6.07, 6.45) is -3.33. The Balaban J connectivity index is 3.99. The van der Waals surface area contributed by atoms with Crippen molar-refractivity contribution in [3.8, 4) is 0 Å². The third-order valence-electron chi connectivity index (χ3n) is 5.56. The number of nitrogens with two attached hydrogens (primary N) is 1. The van der Waals surface area contributed by atoms with E-state index in [2.05, 4.69) is 0 Å². The van der Waals surface area contributed by atoms with Gasteiger partial charge < -0.3 is 21.1 Å². The number of carbonyl (C=O) groups excluding carboxylic acids is 2. The maximum absolute atomic E-state index is 12.9. The summed E-state index contributed by atoms with van der Waals surface area (Å²) in [5.41, 5.74) is 2.01. The van der Waals surface area contributed by atoms with Gasteiger partial charge in [0, 0.05) is 31.6 Å². The zero-order chi connectivity index (χ0) is 25.0. The average Bonchev–Trinajstić information content (AvgIpc) is 2.96. The fourth-order valence-corrected chi connectivity index (χ4v) is 9.15. The first-order chi connectivity index (χ1) is 14.7. The first-order valence-corrected chi connectivity index (χ1v) is 13.2. The Morgan fingerprint density at radius 3 is 2.00 bits per heavy atom. The van der Waals surface area contributed by atoms with Crippen LogP contribution in [-0.4, -0.2) is 79.6 Å². The zero-order valence-corrected chi connectivity index (χ0v) is 19.6. The highest BCUT2D eigenvalue weighted by Gasteiger charge is 2.80. The van der Waals surface area contributed by atoms with Crippen molar-refractivity contribution < 1.29 is 52.3 Å². The van der Waals surface area contributed by atoms with Crippen LogP contribution in [0.1, 0.15) is 45.4 Å². The van der Waals surface area contributed by atoms with Gasteiger partial charge in [0.15, 0.2) is 16.3 Å². The lowest BCUT2D eigenvalue weighted by molar-refractivity contribution is -0.162. The molecule has 1 aliphatic carbocycles. The van der Waals surface area contributed by atoms with E-state index in [1.54, 1.807) is 0 Å². The molecule has 32 heavy (non-hydrogen) atoms. The third kappa shape index (κ3) is 4.53. The van der Waals surface area contributed by atoms with Crippen molar-refractivity contribution in [1.82, 2.24) is 0 Å². The average molecular weight is 516 g/mol. The van der Waals surface area contributed by atoms with Gasteiger partial charge in [0.05, 0.1) is 0 Å². The van der Waals surface area contributed by atoms with E-state index >= 15 is 0 Å². The molecule has 1 aliphatic rings. The number of aliphatic carboxylic acids is 3. The zero-order valence-electron chi connectivity index (χ0n) is 17.1. The predicted octanol–water partition coefficient (Wildman–Crippen LogP) is 0.444. The molecule has 2 unspecified atom stereocenters. The summed E-state index contributed by atoms with van der Waals surface area (Å²) in [4.78, 5) is 61.5. The molecule has 1 saturated carbocycles. The van der Waals surface area contributed by atoms with Crippen LogP contribution in [0.25, 0.3) is 0 Å². The van der Waals surface area contributed by atoms with Crippen molar-refractivity contribution >= 4 is 61.2 Å². The van der Waals surface area contributed by atoms with Gasteiger partial charge in [-0.15, -0.1) is 0 Å². The van der Waals surface area contributed by atoms with Gasteiger partial charge in [0.1, 0.15) is 4.75 Å². The molecule has 12 nitrogen and oxygen atoms in total. The minimum absolute atomic E-state index is 0.0484. The monoisotopic (exact) mass is 515 g/mol. The number of carboxylic acid groups (broad SMARTS) is 3. The van der Waals surface area contributed by atoms with Gasteiger partial charge >= 0.3 is 17.9 Å². The van der Waals surface area contributed by atoms with E-state index in [1.165, 1.54) is 0 Å². The Bertz CT molecular complexity index is 887. The largest absolute Gasteiger partial charge is 0.481 e. The number of hydrogen-bond acceptors (Lipinski definition) is 10. The third-order valence-corrected chi connectivity index (χ3v) is 10.7. The lowest BCUT2D eigenvalue weighted by Gasteiger charge is -2.49. The molecule has 0 saturated heterocycles. The van der Waals surface area contributed by atoms with Crippen LogP contribution in [0.5, 0.6) is 0 Å². The molecular formula is C17H25NO11S3. The Morgan fingerprint density at radius 1 is 1.09 bits per heavy atom. The molecule has 1 rings (SSSR count). The Hall–Kier alpha value is -1.68. The maximum atomic E-state index is 12.9. The van der Waals surface area contributed by atoms with Gasteiger partial charge in [-0.1, -0.05) is 28.0 Å². The van der Waals surface area contributed by atoms with Gasteiger partial charge in [0.25, 0.3) is 10.1 Å². The number of rotatable bonds is 14. The molecule has 0 heterocycles. The molecule has 0 aromatic carbocycles. The predicted molar refractivity (Wildman–Crippen MR) is 115 cm³/mol. The van der Waals surface area contributed by atoms with Crippen molar-refractivity contribution in [2.75, 3.05) is 12.3 Å². The van der Waals surface area contributed by atoms with Crippen molar-refractivity contribution in [1.29, 1.82) is 0 Å². The number of carbonyl (C=O) groups is 5. The standard InChI is InChI=1S/C17H25NO11S3/c1-15(13(23)24,31-30-9-8-18)16(32(27,28)29,7-3-2-4-12(21)22)17(14(25)26)10(19)5-6-11(17)20/h2-9,18H2,1H3,(H,21,22)(H,23,24)(H,25,26)(H,27,28,29). The van der Waals surface area contributed by atoms with Crippen LogP contribution in [0.3, 0.4) is 0 Å². The van der Waals surface area contributed by atoms with E-state index < -0.39 is 86.6 Å². The molecule has 1 fully saturated rings. The normalized spacial score (nSPS) is 19.8. The van der Waals surface area contributed by atoms with Crippen molar-refractivity contribution in [2.24, 2.45) is 11.1 Å². The number of carboxylic acids is 3. The minimum Gasteiger partial charge on any atom is -0.481 e. The summed E-state index contributed by atoms with van der Waals surface area (Å²) < 4.78 is 30.2. The lowest BCUT2D eigenvalue weighted by Crippen LogP contribution is -2.73. The molecule has 0 amide bonds. The molecule has 0 spiro atoms. The van der Waals surface area contributed by atoms with Crippen LogP contribution in [-0.2, 0) is 34.1 Å². The summed E-state index contributed by atoms with van der Waals surface area (Å²) in [5, 5.41) is 28.9. The number of unbranched alkanes of at least 4 members (excludes halogenated alkanes) is 1. The van der Waals surface area contributed by atoms with Gasteiger partial charge in [0.2, 0.25) is 5.41 Å². The molecule has 0 aliphatic heterocycles. The van der Waals surface area contributed by atoms with Crippen molar-refractivity contribution in [3.05, 3.63) is 0 Å². The Labute approximate surface area is 191 Å². The van der Waals surface area contributed by atoms with Gasteiger partial charge in [-0.05, 0) is 19.8 Å². The van der Waals surface area contributed by atoms with Crippen LogP contribution >= 0.6 is 21.6 Å². The van der Waals surface area contributed by atoms with Crippen molar-refractivity contribution in [3.63, 3.8) is 0 Å². The fraction of sp³-hybridized carbons (Fsp3) is 0.706. The molecule has 15 heteroatoms. The number of Topliss-reactive ketones (excluding diaryl/α,β-unsaturated/α-hetero) is 2. The van der Waals surface area contributed by atoms with E-state index in [0.29, 0.717) is 10.8 Å². The van der Waals surface area contributed by atoms with Crippen LogP contribution in [0.15, 0.2) is 0 Å². The topological polar surface area (TPSA) is 226 Å². The second-order valence-corrected chi connectivity index (χ2v) is 11.8. The number of ketones is 2. The second kappa shape index (κ2) is 10.5. The van der Waals surface area contributed by atoms with E-state index in [4.69, 9.17) is 10.8 Å². The molecular weight excluding hydrogens is 490 g/mol. The van der Waals surface area contributed by atoms with E-state index in [0.717, 1.165) is 17.7 Å². The molecule has 0 aromatic rings. The first-order valence-electron chi connectivity index (χ1n) is 9.39. The van der Waals surface area contributed by atoms with Gasteiger partial charge in [-0.25, -0.2) is 0 Å². The summed E-state index contributed by atoms with van der Waals surface area (Å²) >= 11 is 0. The smallest absolute Gasteiger partial charge is 0.326 e. The fourth-order valence-electron chi connectivity index (χ4n) is 4.11. The SMILES string of the molecule is CC(SSCCN)(C(=O)O)C(CCCCC(=O)O)(C1(C(=O)O)C(=O)CCC1=O)S(=O)(=O)O. The highest BCUT2D eigenvalue weighted by atomic mass is 33.1. The first kappa shape index (κ1) is 28.4. The van der Waals surface area contributed by atoms with E-state index in [-0.39, 0.29) is 18.7 Å². The number of hydrogen-bond donors (Lipinski definition) is 5. The van der Waals surface area contributed by atoms with Crippen molar-refractivity contribution in [2.45, 2.75) is 54.9 Å². The molecule has 0 bridgehead atoms. The Kier molecular flexibility index (Phi) is 9.30. The van der Waals surface area contributed by atoms with Crippen LogP contribution in [0, 0.1) is 5.41 Å². The van der Waals surface area contributed by atoms with E-state index in [1.807, 2.05) is 0 Å². The quantitative estimate of drug-likeness (QED) is 0.0915. The highest BCUT2D eigenvalue weighted by molar-refractivity contribution is 8.77. The maximum Gasteiger partial charge on any atom is 0.326 e.